The number of rotatable bonds is 7. The van der Waals surface area contributed by atoms with E-state index in [9.17, 15) is 4.79 Å². The van der Waals surface area contributed by atoms with Gasteiger partial charge in [0, 0.05) is 26.2 Å². The van der Waals surface area contributed by atoms with Gasteiger partial charge in [0.25, 0.3) is 0 Å². The molecule has 2 atom stereocenters. The van der Waals surface area contributed by atoms with Crippen LogP contribution in [0.4, 0.5) is 0 Å². The molecule has 1 rings (SSSR count). The highest BCUT2D eigenvalue weighted by atomic mass is 16.5. The first-order chi connectivity index (χ1) is 8.37. The van der Waals surface area contributed by atoms with E-state index < -0.39 is 5.54 Å². The van der Waals surface area contributed by atoms with Gasteiger partial charge in [0.15, 0.2) is 0 Å². The van der Waals surface area contributed by atoms with Gasteiger partial charge in [-0.15, -0.1) is 0 Å². The topological polar surface area (TPSA) is 67.6 Å². The maximum absolute atomic E-state index is 11.7. The summed E-state index contributed by atoms with van der Waals surface area (Å²) in [5.41, 5.74) is 4.88. The molecule has 0 aliphatic carbocycles. The zero-order valence-corrected chi connectivity index (χ0v) is 12.0. The van der Waals surface area contributed by atoms with E-state index in [0.717, 1.165) is 26.1 Å². The van der Waals surface area contributed by atoms with E-state index in [1.165, 1.54) is 0 Å². The first-order valence-electron chi connectivity index (χ1n) is 6.66. The number of carbonyl (C=O) groups is 1. The summed E-state index contributed by atoms with van der Waals surface area (Å²) in [7, 11) is 1.73. The van der Waals surface area contributed by atoms with Crippen molar-refractivity contribution in [2.75, 3.05) is 33.4 Å². The van der Waals surface area contributed by atoms with Crippen molar-refractivity contribution < 1.29 is 9.53 Å². The van der Waals surface area contributed by atoms with Crippen molar-refractivity contribution in [1.29, 1.82) is 0 Å². The lowest BCUT2D eigenvalue weighted by molar-refractivity contribution is -0.124. The lowest BCUT2D eigenvalue weighted by Crippen LogP contribution is -2.61. The van der Waals surface area contributed by atoms with Crippen LogP contribution in [0.1, 0.15) is 27.2 Å². The average molecular weight is 257 g/mol. The Bertz CT molecular complexity index is 283. The molecule has 0 bridgehead atoms. The van der Waals surface area contributed by atoms with Crippen LogP contribution in [0.2, 0.25) is 0 Å². The van der Waals surface area contributed by atoms with Crippen molar-refractivity contribution in [3.63, 3.8) is 0 Å². The number of nitrogens with two attached hydrogens (primary N) is 1. The van der Waals surface area contributed by atoms with Crippen molar-refractivity contribution in [2.45, 2.75) is 38.8 Å². The highest BCUT2D eigenvalue weighted by molar-refractivity contribution is 5.84. The van der Waals surface area contributed by atoms with Crippen LogP contribution < -0.4 is 11.1 Å². The van der Waals surface area contributed by atoms with E-state index in [4.69, 9.17) is 10.5 Å². The summed E-state index contributed by atoms with van der Waals surface area (Å²) in [6, 6.07) is 0.236. The summed E-state index contributed by atoms with van der Waals surface area (Å²) >= 11 is 0. The third-order valence-electron chi connectivity index (χ3n) is 3.46. The summed E-state index contributed by atoms with van der Waals surface area (Å²) in [6.07, 6.45) is 1.13. The molecular formula is C13H27N3O2. The van der Waals surface area contributed by atoms with Crippen molar-refractivity contribution in [2.24, 2.45) is 11.7 Å². The number of amides is 1. The molecule has 106 valence electrons. The van der Waals surface area contributed by atoms with Crippen LogP contribution in [0.5, 0.6) is 0 Å². The SMILES string of the molecule is COCC1CCN(CC(C)(NC(C)C)C(N)=O)C1. The smallest absolute Gasteiger partial charge is 0.238 e. The number of nitrogens with one attached hydrogen (secondary N) is 1. The molecule has 3 N–H and O–H groups in total. The van der Waals surface area contributed by atoms with Crippen LogP contribution in [-0.2, 0) is 9.53 Å². The summed E-state index contributed by atoms with van der Waals surface area (Å²) in [6.45, 7) is 9.39. The van der Waals surface area contributed by atoms with E-state index in [1.54, 1.807) is 7.11 Å². The van der Waals surface area contributed by atoms with E-state index >= 15 is 0 Å². The van der Waals surface area contributed by atoms with E-state index in [-0.39, 0.29) is 11.9 Å². The van der Waals surface area contributed by atoms with Gasteiger partial charge in [0.2, 0.25) is 5.91 Å². The van der Waals surface area contributed by atoms with Gasteiger partial charge in [-0.25, -0.2) is 0 Å². The molecule has 0 saturated carbocycles. The highest BCUT2D eigenvalue weighted by Crippen LogP contribution is 2.19. The minimum absolute atomic E-state index is 0.236. The minimum Gasteiger partial charge on any atom is -0.384 e. The molecule has 0 aromatic heterocycles. The molecule has 1 aliphatic heterocycles. The van der Waals surface area contributed by atoms with Gasteiger partial charge in [-0.1, -0.05) is 0 Å². The van der Waals surface area contributed by atoms with E-state index in [1.807, 2.05) is 20.8 Å². The number of methoxy groups -OCH3 is 1. The number of hydrogen-bond acceptors (Lipinski definition) is 4. The van der Waals surface area contributed by atoms with Gasteiger partial charge in [-0.3, -0.25) is 4.79 Å². The highest BCUT2D eigenvalue weighted by Gasteiger charge is 2.35. The second kappa shape index (κ2) is 6.50. The monoisotopic (exact) mass is 257 g/mol. The van der Waals surface area contributed by atoms with Crippen LogP contribution in [-0.4, -0.2) is 55.7 Å². The van der Waals surface area contributed by atoms with Crippen molar-refractivity contribution >= 4 is 5.91 Å². The fourth-order valence-corrected chi connectivity index (χ4v) is 2.71. The molecule has 0 radical (unpaired) electrons. The fourth-order valence-electron chi connectivity index (χ4n) is 2.71. The second-order valence-electron chi connectivity index (χ2n) is 5.84. The average Bonchev–Trinajstić information content (AvgIpc) is 2.64. The van der Waals surface area contributed by atoms with Crippen LogP contribution in [0, 0.1) is 5.92 Å². The van der Waals surface area contributed by atoms with Crippen molar-refractivity contribution in [3.05, 3.63) is 0 Å². The normalized spacial score (nSPS) is 24.4. The van der Waals surface area contributed by atoms with Crippen LogP contribution >= 0.6 is 0 Å². The molecule has 18 heavy (non-hydrogen) atoms. The number of nitrogens with zero attached hydrogens (tertiary/aromatic N) is 1. The lowest BCUT2D eigenvalue weighted by Gasteiger charge is -2.33. The number of carbonyl (C=O) groups excluding carboxylic acids is 1. The summed E-state index contributed by atoms with van der Waals surface area (Å²) in [4.78, 5) is 14.0. The molecule has 0 spiro atoms. The Kier molecular flexibility index (Phi) is 5.56. The first kappa shape index (κ1) is 15.4. The second-order valence-corrected chi connectivity index (χ2v) is 5.84. The zero-order valence-electron chi connectivity index (χ0n) is 12.0. The van der Waals surface area contributed by atoms with Crippen LogP contribution in [0.25, 0.3) is 0 Å². The van der Waals surface area contributed by atoms with Crippen molar-refractivity contribution in [1.82, 2.24) is 10.2 Å². The Labute approximate surface area is 110 Å². The Balaban J connectivity index is 2.55. The maximum atomic E-state index is 11.7. The van der Waals surface area contributed by atoms with Gasteiger partial charge in [-0.05, 0) is 39.7 Å². The molecule has 1 fully saturated rings. The third kappa shape index (κ3) is 4.23. The zero-order chi connectivity index (χ0) is 13.8. The molecule has 0 aromatic carbocycles. The Morgan fingerprint density at radius 3 is 2.78 bits per heavy atom. The minimum atomic E-state index is -0.657. The van der Waals surface area contributed by atoms with Gasteiger partial charge >= 0.3 is 0 Å². The van der Waals surface area contributed by atoms with Gasteiger partial charge in [-0.2, -0.15) is 0 Å². The summed E-state index contributed by atoms with van der Waals surface area (Å²) in [5.74, 6) is 0.289. The standard InChI is InChI=1S/C13H27N3O2/c1-10(2)15-13(3,12(14)17)9-16-6-5-11(7-16)8-18-4/h10-11,15H,5-9H2,1-4H3,(H2,14,17). The molecular weight excluding hydrogens is 230 g/mol. The van der Waals surface area contributed by atoms with E-state index in [2.05, 4.69) is 10.2 Å². The predicted octanol–water partition coefficient (Wildman–Crippen LogP) is 0.197. The molecule has 1 amide bonds. The molecule has 1 aliphatic rings. The number of likely N-dealkylation sites (tertiary alicyclic amines) is 1. The third-order valence-corrected chi connectivity index (χ3v) is 3.46. The molecule has 5 nitrogen and oxygen atoms in total. The molecule has 1 heterocycles. The van der Waals surface area contributed by atoms with Crippen LogP contribution in [0.15, 0.2) is 0 Å². The number of ether oxygens (including phenoxy) is 1. The Morgan fingerprint density at radius 1 is 1.61 bits per heavy atom. The van der Waals surface area contributed by atoms with Crippen LogP contribution in [0.3, 0.4) is 0 Å². The molecule has 2 unspecified atom stereocenters. The fraction of sp³-hybridized carbons (Fsp3) is 0.923. The molecule has 0 aromatic rings. The maximum Gasteiger partial charge on any atom is 0.238 e. The Morgan fingerprint density at radius 2 is 2.28 bits per heavy atom. The number of hydrogen-bond donors (Lipinski definition) is 2. The molecule has 1 saturated heterocycles. The van der Waals surface area contributed by atoms with Gasteiger partial charge in [0.1, 0.15) is 5.54 Å². The molecule has 5 heteroatoms. The number of primary amides is 1. The Hall–Kier alpha value is -0.650. The quantitative estimate of drug-likeness (QED) is 0.683. The van der Waals surface area contributed by atoms with Gasteiger partial charge in [0.05, 0.1) is 6.61 Å². The summed E-state index contributed by atoms with van der Waals surface area (Å²) < 4.78 is 5.18. The lowest BCUT2D eigenvalue weighted by atomic mass is 9.99. The predicted molar refractivity (Wildman–Crippen MR) is 72.3 cm³/mol. The summed E-state index contributed by atoms with van der Waals surface area (Å²) in [5, 5.41) is 3.28. The first-order valence-corrected chi connectivity index (χ1v) is 6.66. The largest absolute Gasteiger partial charge is 0.384 e. The van der Waals surface area contributed by atoms with Crippen molar-refractivity contribution in [3.8, 4) is 0 Å². The van der Waals surface area contributed by atoms with Gasteiger partial charge < -0.3 is 20.7 Å². The van der Waals surface area contributed by atoms with E-state index in [0.29, 0.717) is 12.5 Å².